The largest absolute Gasteiger partial charge is 0.493 e. The predicted molar refractivity (Wildman–Crippen MR) is 106 cm³/mol. The van der Waals surface area contributed by atoms with Crippen molar-refractivity contribution >= 4 is 11.9 Å². The summed E-state index contributed by atoms with van der Waals surface area (Å²) in [5.41, 5.74) is 3.07. The average Bonchev–Trinajstić information content (AvgIpc) is 2.95. The Bertz CT molecular complexity index is 930. The molecule has 1 aromatic heterocycles. The molecule has 0 saturated heterocycles. The summed E-state index contributed by atoms with van der Waals surface area (Å²) in [7, 11) is 1.55. The van der Waals surface area contributed by atoms with Gasteiger partial charge in [-0.05, 0) is 50.6 Å². The van der Waals surface area contributed by atoms with E-state index in [2.05, 4.69) is 6.58 Å². The molecule has 0 fully saturated rings. The molecule has 0 aliphatic carbocycles. The Labute approximate surface area is 160 Å². The Morgan fingerprint density at radius 2 is 2.04 bits per heavy atom. The first-order valence-electron chi connectivity index (χ1n) is 8.71. The van der Waals surface area contributed by atoms with Gasteiger partial charge in [-0.3, -0.25) is 4.79 Å². The van der Waals surface area contributed by atoms with E-state index in [0.717, 1.165) is 11.4 Å². The van der Waals surface area contributed by atoms with Gasteiger partial charge in [-0.25, -0.2) is 0 Å². The highest BCUT2D eigenvalue weighted by Gasteiger charge is 2.19. The number of ether oxygens (including phenoxy) is 2. The van der Waals surface area contributed by atoms with Crippen LogP contribution in [0.3, 0.4) is 0 Å². The van der Waals surface area contributed by atoms with E-state index in [4.69, 9.17) is 9.47 Å². The minimum Gasteiger partial charge on any atom is -0.493 e. The molecule has 0 spiro atoms. The maximum Gasteiger partial charge on any atom is 0.205 e. The Morgan fingerprint density at radius 1 is 1.30 bits per heavy atom. The number of benzene rings is 1. The summed E-state index contributed by atoms with van der Waals surface area (Å²) in [4.78, 5) is 12.9. The second-order valence-corrected chi connectivity index (χ2v) is 6.03. The number of rotatable bonds is 8. The average molecular weight is 364 g/mol. The van der Waals surface area contributed by atoms with E-state index in [1.54, 1.807) is 37.5 Å². The van der Waals surface area contributed by atoms with Crippen LogP contribution >= 0.6 is 0 Å². The number of hydrogen-bond acceptors (Lipinski definition) is 4. The first kappa shape index (κ1) is 20.1. The lowest BCUT2D eigenvalue weighted by atomic mass is 10.0. The Kier molecular flexibility index (Phi) is 6.62. The molecule has 0 bridgehead atoms. The van der Waals surface area contributed by atoms with E-state index >= 15 is 0 Å². The van der Waals surface area contributed by atoms with E-state index in [9.17, 15) is 10.1 Å². The molecule has 5 nitrogen and oxygen atoms in total. The van der Waals surface area contributed by atoms with Gasteiger partial charge in [0.25, 0.3) is 0 Å². The molecule has 140 valence electrons. The van der Waals surface area contributed by atoms with Crippen LogP contribution in [0.25, 0.3) is 6.08 Å². The van der Waals surface area contributed by atoms with Crippen molar-refractivity contribution in [2.45, 2.75) is 27.3 Å². The van der Waals surface area contributed by atoms with Crippen molar-refractivity contribution in [3.05, 3.63) is 65.0 Å². The molecule has 0 amide bonds. The van der Waals surface area contributed by atoms with Gasteiger partial charge in [0.2, 0.25) is 5.78 Å². The van der Waals surface area contributed by atoms with Crippen LogP contribution in [0, 0.1) is 25.2 Å². The zero-order chi connectivity index (χ0) is 20.0. The van der Waals surface area contributed by atoms with Gasteiger partial charge in [0.1, 0.15) is 11.6 Å². The lowest BCUT2D eigenvalue weighted by molar-refractivity contribution is 0.103. The number of aryl methyl sites for hydroxylation is 1. The zero-order valence-corrected chi connectivity index (χ0v) is 16.2. The number of nitriles is 1. The van der Waals surface area contributed by atoms with Crippen LogP contribution in [0.4, 0.5) is 0 Å². The van der Waals surface area contributed by atoms with Gasteiger partial charge in [-0.1, -0.05) is 12.1 Å². The number of hydrogen-bond donors (Lipinski definition) is 0. The summed E-state index contributed by atoms with van der Waals surface area (Å²) in [6.07, 6.45) is 3.35. The summed E-state index contributed by atoms with van der Waals surface area (Å²) < 4.78 is 12.8. The number of carbonyl (C=O) groups is 1. The van der Waals surface area contributed by atoms with Gasteiger partial charge in [-0.15, -0.1) is 6.58 Å². The molecule has 1 aromatic carbocycles. The van der Waals surface area contributed by atoms with E-state index in [-0.39, 0.29) is 11.4 Å². The summed E-state index contributed by atoms with van der Waals surface area (Å²) in [5.74, 6) is 0.878. The highest BCUT2D eigenvalue weighted by molar-refractivity contribution is 6.14. The number of Topliss-reactive ketones (excluding diaryl/α,β-unsaturated/α-hetero) is 1. The van der Waals surface area contributed by atoms with Crippen molar-refractivity contribution < 1.29 is 14.3 Å². The number of aromatic nitrogens is 1. The minimum atomic E-state index is -0.297. The van der Waals surface area contributed by atoms with E-state index in [1.165, 1.54) is 0 Å². The van der Waals surface area contributed by atoms with Gasteiger partial charge in [-0.2, -0.15) is 5.26 Å². The van der Waals surface area contributed by atoms with Crippen LogP contribution in [0.1, 0.15) is 34.2 Å². The SMILES string of the molecule is C=CCn1c(C)cc(C(=O)/C(C#N)=C/c2ccc(OCC)c(OC)c2)c1C. The Hall–Kier alpha value is -3.26. The fraction of sp³-hybridized carbons (Fsp3) is 0.273. The van der Waals surface area contributed by atoms with Gasteiger partial charge in [0.15, 0.2) is 11.5 Å². The maximum absolute atomic E-state index is 12.9. The van der Waals surface area contributed by atoms with Gasteiger partial charge < -0.3 is 14.0 Å². The lowest BCUT2D eigenvalue weighted by Crippen LogP contribution is -2.06. The topological polar surface area (TPSA) is 64.2 Å². The van der Waals surface area contributed by atoms with Crippen molar-refractivity contribution in [1.82, 2.24) is 4.57 Å². The number of ketones is 1. The number of allylic oxidation sites excluding steroid dienone is 2. The van der Waals surface area contributed by atoms with Crippen LogP contribution in [0.2, 0.25) is 0 Å². The third kappa shape index (κ3) is 4.29. The monoisotopic (exact) mass is 364 g/mol. The number of carbonyl (C=O) groups excluding carboxylic acids is 1. The minimum absolute atomic E-state index is 0.0695. The first-order valence-corrected chi connectivity index (χ1v) is 8.71. The summed E-state index contributed by atoms with van der Waals surface area (Å²) in [6, 6.07) is 9.14. The standard InChI is InChI=1S/C22H24N2O3/c1-6-10-24-15(3)11-19(16(24)4)22(25)18(14-23)12-17-8-9-20(27-7-2)21(13-17)26-5/h6,8-9,11-13H,1,7,10H2,2-5H3/b18-12+. The molecule has 5 heteroatoms. The maximum atomic E-state index is 12.9. The molecular formula is C22H24N2O3. The molecule has 0 atom stereocenters. The molecule has 27 heavy (non-hydrogen) atoms. The van der Waals surface area contributed by atoms with Crippen LogP contribution in [0.5, 0.6) is 11.5 Å². The molecule has 1 heterocycles. The zero-order valence-electron chi connectivity index (χ0n) is 16.2. The van der Waals surface area contributed by atoms with Gasteiger partial charge in [0, 0.05) is 23.5 Å². The predicted octanol–water partition coefficient (Wildman–Crippen LogP) is 4.49. The van der Waals surface area contributed by atoms with E-state index < -0.39 is 0 Å². The smallest absolute Gasteiger partial charge is 0.205 e. The second-order valence-electron chi connectivity index (χ2n) is 6.03. The van der Waals surface area contributed by atoms with Gasteiger partial charge in [0.05, 0.1) is 13.7 Å². The normalized spacial score (nSPS) is 11.0. The molecule has 2 rings (SSSR count). The van der Waals surface area contributed by atoms with Crippen molar-refractivity contribution in [3.63, 3.8) is 0 Å². The number of methoxy groups -OCH3 is 1. The molecule has 0 radical (unpaired) electrons. The van der Waals surface area contributed by atoms with Crippen molar-refractivity contribution in [3.8, 4) is 17.6 Å². The molecule has 2 aromatic rings. The van der Waals surface area contributed by atoms with Gasteiger partial charge >= 0.3 is 0 Å². The Balaban J connectivity index is 2.42. The van der Waals surface area contributed by atoms with Crippen LogP contribution in [-0.2, 0) is 6.54 Å². The lowest BCUT2D eigenvalue weighted by Gasteiger charge is -2.10. The molecule has 0 saturated carbocycles. The molecule has 0 N–H and O–H groups in total. The molecule has 0 aliphatic rings. The van der Waals surface area contributed by atoms with E-state index in [1.807, 2.05) is 37.5 Å². The third-order valence-corrected chi connectivity index (χ3v) is 4.29. The van der Waals surface area contributed by atoms with Crippen LogP contribution < -0.4 is 9.47 Å². The summed E-state index contributed by atoms with van der Waals surface area (Å²) in [6.45, 7) is 10.6. The highest BCUT2D eigenvalue weighted by atomic mass is 16.5. The molecule has 0 unspecified atom stereocenters. The van der Waals surface area contributed by atoms with Crippen molar-refractivity contribution in [1.29, 1.82) is 5.26 Å². The molecular weight excluding hydrogens is 340 g/mol. The molecule has 0 aliphatic heterocycles. The van der Waals surface area contributed by atoms with E-state index in [0.29, 0.717) is 35.8 Å². The first-order chi connectivity index (χ1) is 13.0. The quantitative estimate of drug-likeness (QED) is 0.300. The Morgan fingerprint density at radius 3 is 2.63 bits per heavy atom. The van der Waals surface area contributed by atoms with Crippen molar-refractivity contribution in [2.24, 2.45) is 0 Å². The highest BCUT2D eigenvalue weighted by Crippen LogP contribution is 2.29. The fourth-order valence-electron chi connectivity index (χ4n) is 2.95. The van der Waals surface area contributed by atoms with Crippen molar-refractivity contribution in [2.75, 3.05) is 13.7 Å². The van der Waals surface area contributed by atoms with Crippen LogP contribution in [0.15, 0.2) is 42.5 Å². The fourth-order valence-corrected chi connectivity index (χ4v) is 2.95. The summed E-state index contributed by atoms with van der Waals surface area (Å²) >= 11 is 0. The van der Waals surface area contributed by atoms with Crippen LogP contribution in [-0.4, -0.2) is 24.1 Å². The number of nitrogens with zero attached hydrogens (tertiary/aromatic N) is 2. The summed E-state index contributed by atoms with van der Waals surface area (Å²) in [5, 5.41) is 9.54. The second kappa shape index (κ2) is 8.91. The third-order valence-electron chi connectivity index (χ3n) is 4.29.